The molecule has 90 valence electrons. The summed E-state index contributed by atoms with van der Waals surface area (Å²) in [4.78, 5) is 1.31. The first-order valence-electron chi connectivity index (χ1n) is 5.37. The van der Waals surface area contributed by atoms with E-state index in [4.69, 9.17) is 0 Å². The molecule has 4 heteroatoms. The van der Waals surface area contributed by atoms with Gasteiger partial charge in [-0.3, -0.25) is 0 Å². The van der Waals surface area contributed by atoms with Gasteiger partial charge in [0.2, 0.25) is 0 Å². The molecular weight excluding hydrogens is 314 g/mol. The maximum atomic E-state index is 3.45. The second-order valence-corrected chi connectivity index (χ2v) is 6.45. The van der Waals surface area contributed by atoms with E-state index in [1.165, 1.54) is 10.5 Å². The van der Waals surface area contributed by atoms with Crippen LogP contribution in [0.3, 0.4) is 0 Å². The molecule has 0 radical (unpaired) electrons. The van der Waals surface area contributed by atoms with Gasteiger partial charge < -0.3 is 5.32 Å². The summed E-state index contributed by atoms with van der Waals surface area (Å²) in [6, 6.07) is 11.1. The normalized spacial score (nSPS) is 12.6. The van der Waals surface area contributed by atoms with Crippen molar-refractivity contribution in [2.24, 2.45) is 0 Å². The lowest BCUT2D eigenvalue weighted by molar-refractivity contribution is 0.664. The predicted molar refractivity (Wildman–Crippen MR) is 81.0 cm³/mol. The number of hydrogen-bond acceptors (Lipinski definition) is 3. The minimum absolute atomic E-state index is 0.426. The van der Waals surface area contributed by atoms with Gasteiger partial charge in [-0.05, 0) is 53.7 Å². The summed E-state index contributed by atoms with van der Waals surface area (Å²) < 4.78 is 1.13. The highest BCUT2D eigenvalue weighted by Gasteiger charge is 2.09. The lowest BCUT2D eigenvalue weighted by Gasteiger charge is -2.14. The molecule has 0 aliphatic heterocycles. The third kappa shape index (κ3) is 3.85. The SMILES string of the molecule is CNC(CSc1ccc(Br)cc1)c1ccsc1. The van der Waals surface area contributed by atoms with E-state index in [1.807, 2.05) is 18.8 Å². The van der Waals surface area contributed by atoms with Crippen molar-refractivity contribution in [3.8, 4) is 0 Å². The lowest BCUT2D eigenvalue weighted by Crippen LogP contribution is -2.17. The van der Waals surface area contributed by atoms with Gasteiger partial charge >= 0.3 is 0 Å². The Morgan fingerprint density at radius 2 is 2.06 bits per heavy atom. The van der Waals surface area contributed by atoms with E-state index in [0.29, 0.717) is 6.04 Å². The molecule has 1 N–H and O–H groups in total. The zero-order valence-corrected chi connectivity index (χ0v) is 12.7. The van der Waals surface area contributed by atoms with Crippen LogP contribution in [0.15, 0.2) is 50.5 Å². The van der Waals surface area contributed by atoms with Crippen molar-refractivity contribution in [1.29, 1.82) is 0 Å². The van der Waals surface area contributed by atoms with Crippen LogP contribution in [0.2, 0.25) is 0 Å². The van der Waals surface area contributed by atoms with Gasteiger partial charge in [0.15, 0.2) is 0 Å². The minimum atomic E-state index is 0.426. The standard InChI is InChI=1S/C13H14BrNS2/c1-15-13(10-6-7-16-8-10)9-17-12-4-2-11(14)3-5-12/h2-8,13,15H,9H2,1H3. The van der Waals surface area contributed by atoms with Crippen LogP contribution in [0.4, 0.5) is 0 Å². The van der Waals surface area contributed by atoms with Crippen molar-refractivity contribution in [2.75, 3.05) is 12.8 Å². The van der Waals surface area contributed by atoms with Gasteiger partial charge in [-0.15, -0.1) is 11.8 Å². The van der Waals surface area contributed by atoms with Gasteiger partial charge in [-0.1, -0.05) is 15.9 Å². The average Bonchev–Trinajstić information content (AvgIpc) is 2.86. The predicted octanol–water partition coefficient (Wildman–Crippen LogP) is 4.56. The number of thioether (sulfide) groups is 1. The summed E-state index contributed by atoms with van der Waals surface area (Å²) in [5.74, 6) is 1.05. The molecular formula is C13H14BrNS2. The van der Waals surface area contributed by atoms with Crippen LogP contribution in [-0.2, 0) is 0 Å². The quantitative estimate of drug-likeness (QED) is 0.807. The van der Waals surface area contributed by atoms with Crippen molar-refractivity contribution in [1.82, 2.24) is 5.32 Å². The molecule has 0 spiro atoms. The summed E-state index contributed by atoms with van der Waals surface area (Å²) >= 11 is 7.08. The summed E-state index contributed by atoms with van der Waals surface area (Å²) in [6.07, 6.45) is 0. The van der Waals surface area contributed by atoms with Crippen LogP contribution in [0.25, 0.3) is 0 Å². The van der Waals surface area contributed by atoms with Gasteiger partial charge in [-0.25, -0.2) is 0 Å². The second kappa shape index (κ2) is 6.59. The molecule has 1 aromatic carbocycles. The Morgan fingerprint density at radius 3 is 2.65 bits per heavy atom. The van der Waals surface area contributed by atoms with E-state index >= 15 is 0 Å². The van der Waals surface area contributed by atoms with Gasteiger partial charge in [-0.2, -0.15) is 11.3 Å². The molecule has 2 rings (SSSR count). The summed E-state index contributed by atoms with van der Waals surface area (Å²) in [5.41, 5.74) is 1.38. The zero-order valence-electron chi connectivity index (χ0n) is 9.52. The monoisotopic (exact) mass is 327 g/mol. The van der Waals surface area contributed by atoms with Gasteiger partial charge in [0.25, 0.3) is 0 Å². The third-order valence-electron chi connectivity index (χ3n) is 2.52. The zero-order chi connectivity index (χ0) is 12.1. The van der Waals surface area contributed by atoms with Crippen LogP contribution >= 0.6 is 39.0 Å². The van der Waals surface area contributed by atoms with E-state index in [0.717, 1.165) is 10.2 Å². The molecule has 1 heterocycles. The maximum Gasteiger partial charge on any atom is 0.0421 e. The van der Waals surface area contributed by atoms with E-state index in [9.17, 15) is 0 Å². The van der Waals surface area contributed by atoms with Gasteiger partial charge in [0, 0.05) is 21.2 Å². The molecule has 0 aliphatic rings. The number of halogens is 1. The Morgan fingerprint density at radius 1 is 1.29 bits per heavy atom. The van der Waals surface area contributed by atoms with Crippen LogP contribution in [0.5, 0.6) is 0 Å². The Labute approximate surface area is 119 Å². The van der Waals surface area contributed by atoms with Gasteiger partial charge in [0.1, 0.15) is 0 Å². The molecule has 0 fully saturated rings. The first kappa shape index (κ1) is 13.1. The number of nitrogens with one attached hydrogen (secondary N) is 1. The molecule has 1 nitrogen and oxygen atoms in total. The second-order valence-electron chi connectivity index (χ2n) is 3.66. The molecule has 1 unspecified atom stereocenters. The van der Waals surface area contributed by atoms with Crippen LogP contribution < -0.4 is 5.32 Å². The van der Waals surface area contributed by atoms with E-state index in [1.54, 1.807) is 11.3 Å². The molecule has 17 heavy (non-hydrogen) atoms. The lowest BCUT2D eigenvalue weighted by atomic mass is 10.2. The van der Waals surface area contributed by atoms with E-state index < -0.39 is 0 Å². The third-order valence-corrected chi connectivity index (χ3v) is 4.86. The van der Waals surface area contributed by atoms with Crippen LogP contribution in [-0.4, -0.2) is 12.8 Å². The topological polar surface area (TPSA) is 12.0 Å². The van der Waals surface area contributed by atoms with E-state index in [-0.39, 0.29) is 0 Å². The molecule has 0 saturated carbocycles. The molecule has 1 atom stereocenters. The largest absolute Gasteiger partial charge is 0.312 e. The van der Waals surface area contributed by atoms with E-state index in [2.05, 4.69) is 62.3 Å². The fourth-order valence-electron chi connectivity index (χ4n) is 1.53. The van der Waals surface area contributed by atoms with Crippen molar-refractivity contribution >= 4 is 39.0 Å². The molecule has 1 aromatic heterocycles. The van der Waals surface area contributed by atoms with Gasteiger partial charge in [0.05, 0.1) is 0 Å². The first-order valence-corrected chi connectivity index (χ1v) is 8.09. The highest BCUT2D eigenvalue weighted by Crippen LogP contribution is 2.26. The Hall–Kier alpha value is -0.290. The Bertz CT molecular complexity index is 439. The highest BCUT2D eigenvalue weighted by atomic mass is 79.9. The van der Waals surface area contributed by atoms with Crippen molar-refractivity contribution in [2.45, 2.75) is 10.9 Å². The average molecular weight is 328 g/mol. The molecule has 2 aromatic rings. The molecule has 0 aliphatic carbocycles. The Kier molecular flexibility index (Phi) is 5.10. The fourth-order valence-corrected chi connectivity index (χ4v) is 3.56. The summed E-state index contributed by atoms with van der Waals surface area (Å²) in [6.45, 7) is 0. The number of hydrogen-bond donors (Lipinski definition) is 1. The molecule has 0 saturated heterocycles. The maximum absolute atomic E-state index is 3.45. The first-order chi connectivity index (χ1) is 8.29. The van der Waals surface area contributed by atoms with Crippen molar-refractivity contribution < 1.29 is 0 Å². The fraction of sp³-hybridized carbons (Fsp3) is 0.231. The van der Waals surface area contributed by atoms with Crippen molar-refractivity contribution in [3.63, 3.8) is 0 Å². The highest BCUT2D eigenvalue weighted by molar-refractivity contribution is 9.10. The molecule has 0 amide bonds. The smallest absolute Gasteiger partial charge is 0.0421 e. The van der Waals surface area contributed by atoms with Crippen molar-refractivity contribution in [3.05, 3.63) is 51.1 Å². The summed E-state index contributed by atoms with van der Waals surface area (Å²) in [5, 5.41) is 7.70. The minimum Gasteiger partial charge on any atom is -0.312 e. The summed E-state index contributed by atoms with van der Waals surface area (Å²) in [7, 11) is 2.02. The number of benzene rings is 1. The van der Waals surface area contributed by atoms with Crippen LogP contribution in [0, 0.1) is 0 Å². The van der Waals surface area contributed by atoms with Crippen LogP contribution in [0.1, 0.15) is 11.6 Å². The Balaban J connectivity index is 1.94. The molecule has 0 bridgehead atoms. The number of rotatable bonds is 5. The number of thiophene rings is 1.